The second-order valence-corrected chi connectivity index (χ2v) is 7.99. The zero-order valence-electron chi connectivity index (χ0n) is 18.8. The molecule has 0 spiro atoms. The third-order valence-corrected chi connectivity index (χ3v) is 5.65. The normalized spacial score (nSPS) is 20.2. The van der Waals surface area contributed by atoms with Crippen LogP contribution in [0.1, 0.15) is 48.7 Å². The van der Waals surface area contributed by atoms with Crippen LogP contribution in [0.4, 0.5) is 0 Å². The number of nitrogens with one attached hydrogen (secondary N) is 2. The molecule has 6 heteroatoms. The van der Waals surface area contributed by atoms with Crippen molar-refractivity contribution in [1.29, 1.82) is 0 Å². The molecule has 31 heavy (non-hydrogen) atoms. The molecule has 0 amide bonds. The predicted octanol–water partition coefficient (Wildman–Crippen LogP) is 3.76. The Kier molecular flexibility index (Phi) is 8.74. The molecule has 1 heterocycles. The number of aliphatic hydroxyl groups is 1. The summed E-state index contributed by atoms with van der Waals surface area (Å²) in [5.41, 5.74) is 3.31. The molecule has 2 aromatic rings. The number of nitrogens with zero attached hydrogens (tertiary/aromatic N) is 1. The lowest BCUT2D eigenvalue weighted by Gasteiger charge is -2.32. The van der Waals surface area contributed by atoms with Crippen molar-refractivity contribution < 1.29 is 14.6 Å². The van der Waals surface area contributed by atoms with Gasteiger partial charge in [-0.05, 0) is 49.9 Å². The first-order chi connectivity index (χ1) is 15.1. The number of methoxy groups -OCH3 is 1. The van der Waals surface area contributed by atoms with E-state index in [9.17, 15) is 5.11 Å². The summed E-state index contributed by atoms with van der Waals surface area (Å²) in [5, 5.41) is 17.2. The fourth-order valence-corrected chi connectivity index (χ4v) is 3.86. The van der Waals surface area contributed by atoms with Gasteiger partial charge in [-0.25, -0.2) is 0 Å². The second-order valence-electron chi connectivity index (χ2n) is 7.99. The number of aliphatic imine (C=N–C) groups is 1. The van der Waals surface area contributed by atoms with Gasteiger partial charge in [0.2, 0.25) is 0 Å². The monoisotopic (exact) mass is 425 g/mol. The summed E-state index contributed by atoms with van der Waals surface area (Å²) in [6, 6.07) is 16.1. The van der Waals surface area contributed by atoms with Crippen molar-refractivity contribution in [2.75, 3.05) is 33.4 Å². The molecule has 0 saturated carbocycles. The summed E-state index contributed by atoms with van der Waals surface area (Å²) in [6.07, 6.45) is 1.60. The Morgan fingerprint density at radius 3 is 2.58 bits per heavy atom. The Labute approximate surface area is 185 Å². The van der Waals surface area contributed by atoms with E-state index in [2.05, 4.69) is 46.8 Å². The summed E-state index contributed by atoms with van der Waals surface area (Å²) in [6.45, 7) is 6.75. The maximum absolute atomic E-state index is 10.5. The number of ether oxygens (including phenoxy) is 2. The lowest BCUT2D eigenvalue weighted by Crippen LogP contribution is -2.42. The lowest BCUT2D eigenvalue weighted by atomic mass is 9.89. The quantitative estimate of drug-likeness (QED) is 0.444. The number of hydrogen-bond acceptors (Lipinski definition) is 4. The van der Waals surface area contributed by atoms with Crippen LogP contribution in [0.2, 0.25) is 0 Å². The first kappa shape index (κ1) is 23.1. The zero-order chi connectivity index (χ0) is 22.1. The molecule has 2 aromatic carbocycles. The highest BCUT2D eigenvalue weighted by Crippen LogP contribution is 2.33. The van der Waals surface area contributed by atoms with E-state index in [4.69, 9.17) is 9.47 Å². The molecule has 0 bridgehead atoms. The highest BCUT2D eigenvalue weighted by atomic mass is 16.5. The zero-order valence-corrected chi connectivity index (χ0v) is 18.8. The number of aryl methyl sites for hydroxylation is 1. The van der Waals surface area contributed by atoms with Crippen LogP contribution < -0.4 is 15.4 Å². The van der Waals surface area contributed by atoms with Crippen molar-refractivity contribution in [3.63, 3.8) is 0 Å². The fourth-order valence-electron chi connectivity index (χ4n) is 3.86. The fraction of sp³-hybridized carbons (Fsp3) is 0.480. The highest BCUT2D eigenvalue weighted by molar-refractivity contribution is 5.79. The molecular weight excluding hydrogens is 390 g/mol. The molecule has 1 fully saturated rings. The molecule has 1 saturated heterocycles. The maximum atomic E-state index is 10.5. The van der Waals surface area contributed by atoms with E-state index in [1.165, 1.54) is 11.1 Å². The van der Waals surface area contributed by atoms with Crippen LogP contribution in [-0.4, -0.2) is 44.4 Å². The van der Waals surface area contributed by atoms with E-state index >= 15 is 0 Å². The Morgan fingerprint density at radius 1 is 1.16 bits per heavy atom. The molecule has 3 atom stereocenters. The number of guanidine groups is 1. The summed E-state index contributed by atoms with van der Waals surface area (Å²) < 4.78 is 11.3. The van der Waals surface area contributed by atoms with Crippen molar-refractivity contribution in [2.24, 2.45) is 10.9 Å². The van der Waals surface area contributed by atoms with E-state index in [1.807, 2.05) is 31.2 Å². The molecule has 0 aromatic heterocycles. The van der Waals surface area contributed by atoms with E-state index in [0.717, 1.165) is 43.9 Å². The number of rotatable bonds is 8. The molecule has 1 aliphatic rings. The Bertz CT molecular complexity index is 821. The van der Waals surface area contributed by atoms with E-state index in [1.54, 1.807) is 7.11 Å². The van der Waals surface area contributed by atoms with Gasteiger partial charge in [0.15, 0.2) is 5.96 Å². The van der Waals surface area contributed by atoms with Gasteiger partial charge in [0, 0.05) is 25.6 Å². The average molecular weight is 426 g/mol. The van der Waals surface area contributed by atoms with Crippen molar-refractivity contribution in [1.82, 2.24) is 10.6 Å². The summed E-state index contributed by atoms with van der Waals surface area (Å²) in [4.78, 5) is 4.60. The van der Waals surface area contributed by atoms with Gasteiger partial charge >= 0.3 is 0 Å². The SMILES string of the molecule is CCNC(=NCC(O)c1ccc(OC)cc1)NCC1CCCOC1c1ccc(C)cc1. The van der Waals surface area contributed by atoms with Crippen LogP contribution in [0.3, 0.4) is 0 Å². The van der Waals surface area contributed by atoms with Gasteiger partial charge < -0.3 is 25.2 Å². The largest absolute Gasteiger partial charge is 0.497 e. The van der Waals surface area contributed by atoms with Crippen molar-refractivity contribution in [3.05, 3.63) is 65.2 Å². The van der Waals surface area contributed by atoms with Crippen LogP contribution >= 0.6 is 0 Å². The Hall–Kier alpha value is -2.57. The van der Waals surface area contributed by atoms with E-state index < -0.39 is 6.10 Å². The van der Waals surface area contributed by atoms with Gasteiger partial charge in [0.25, 0.3) is 0 Å². The van der Waals surface area contributed by atoms with Crippen molar-refractivity contribution >= 4 is 5.96 Å². The van der Waals surface area contributed by atoms with Crippen LogP contribution in [0.5, 0.6) is 5.75 Å². The second kappa shape index (κ2) is 11.7. The van der Waals surface area contributed by atoms with Gasteiger partial charge in [0.05, 0.1) is 25.9 Å². The summed E-state index contributed by atoms with van der Waals surface area (Å²) in [5.74, 6) is 1.85. The molecule has 3 N–H and O–H groups in total. The predicted molar refractivity (Wildman–Crippen MR) is 125 cm³/mol. The van der Waals surface area contributed by atoms with Crippen LogP contribution in [0.25, 0.3) is 0 Å². The van der Waals surface area contributed by atoms with E-state index in [-0.39, 0.29) is 12.6 Å². The third-order valence-electron chi connectivity index (χ3n) is 5.65. The first-order valence-electron chi connectivity index (χ1n) is 11.1. The molecule has 0 aliphatic carbocycles. The van der Waals surface area contributed by atoms with Gasteiger partial charge in [-0.15, -0.1) is 0 Å². The topological polar surface area (TPSA) is 75.1 Å². The minimum Gasteiger partial charge on any atom is -0.497 e. The minimum atomic E-state index is -0.667. The molecule has 0 radical (unpaired) electrons. The molecule has 6 nitrogen and oxygen atoms in total. The van der Waals surface area contributed by atoms with E-state index in [0.29, 0.717) is 11.9 Å². The van der Waals surface area contributed by atoms with Crippen LogP contribution in [0.15, 0.2) is 53.5 Å². The van der Waals surface area contributed by atoms with Gasteiger partial charge in [-0.2, -0.15) is 0 Å². The first-order valence-corrected chi connectivity index (χ1v) is 11.1. The Balaban J connectivity index is 1.60. The lowest BCUT2D eigenvalue weighted by molar-refractivity contribution is -0.0265. The molecular formula is C25H35N3O3. The maximum Gasteiger partial charge on any atom is 0.191 e. The van der Waals surface area contributed by atoms with Crippen molar-refractivity contribution in [2.45, 2.75) is 38.9 Å². The molecule has 1 aliphatic heterocycles. The number of aliphatic hydroxyl groups excluding tert-OH is 1. The summed E-state index contributed by atoms with van der Waals surface area (Å²) >= 11 is 0. The van der Waals surface area contributed by atoms with Gasteiger partial charge in [-0.1, -0.05) is 42.0 Å². The molecule has 3 unspecified atom stereocenters. The standard InChI is InChI=1S/C25H35N3O3/c1-4-26-25(28-17-23(29)19-11-13-22(30-3)14-12-19)27-16-21-6-5-15-31-24(21)20-9-7-18(2)8-10-20/h7-14,21,23-24,29H,4-6,15-17H2,1-3H3,(H2,26,27,28). The van der Waals surface area contributed by atoms with Crippen LogP contribution in [-0.2, 0) is 4.74 Å². The summed E-state index contributed by atoms with van der Waals surface area (Å²) in [7, 11) is 1.63. The van der Waals surface area contributed by atoms with Crippen LogP contribution in [0, 0.1) is 12.8 Å². The highest BCUT2D eigenvalue weighted by Gasteiger charge is 2.27. The number of hydrogen-bond donors (Lipinski definition) is 3. The number of benzene rings is 2. The smallest absolute Gasteiger partial charge is 0.191 e. The van der Waals surface area contributed by atoms with Crippen molar-refractivity contribution in [3.8, 4) is 5.75 Å². The minimum absolute atomic E-state index is 0.0922. The molecule has 3 rings (SSSR count). The van der Waals surface area contributed by atoms with Gasteiger partial charge in [0.1, 0.15) is 5.75 Å². The Morgan fingerprint density at radius 2 is 1.90 bits per heavy atom. The average Bonchev–Trinajstić information content (AvgIpc) is 2.81. The van der Waals surface area contributed by atoms with Gasteiger partial charge in [-0.3, -0.25) is 4.99 Å². The third kappa shape index (κ3) is 6.71. The molecule has 168 valence electrons.